The molecule has 36 heavy (non-hydrogen) atoms. The van der Waals surface area contributed by atoms with Crippen LogP contribution >= 0.6 is 0 Å². The lowest BCUT2D eigenvalue weighted by atomic mass is 9.97. The van der Waals surface area contributed by atoms with E-state index in [9.17, 15) is 22.0 Å². The fraction of sp³-hybridized carbons (Fsp3) is 0.133. The Hall–Kier alpha value is -3.93. The van der Waals surface area contributed by atoms with Gasteiger partial charge in [-0.3, -0.25) is 0 Å². The number of rotatable bonds is 8. The summed E-state index contributed by atoms with van der Waals surface area (Å²) in [7, 11) is 0. The van der Waals surface area contributed by atoms with E-state index >= 15 is 0 Å². The van der Waals surface area contributed by atoms with Crippen LogP contribution in [0.5, 0.6) is 5.75 Å². The Labute approximate surface area is 206 Å². The Morgan fingerprint density at radius 3 is 1.69 bits per heavy atom. The number of hydrogen-bond acceptors (Lipinski definition) is 1. The van der Waals surface area contributed by atoms with Gasteiger partial charge in [0, 0.05) is 11.6 Å². The molecule has 0 fully saturated rings. The zero-order chi connectivity index (χ0) is 25.7. The molecule has 6 heteroatoms. The van der Waals surface area contributed by atoms with Crippen LogP contribution in [-0.2, 0) is 6.42 Å². The molecule has 4 aromatic rings. The van der Waals surface area contributed by atoms with Gasteiger partial charge in [0.25, 0.3) is 6.43 Å². The van der Waals surface area contributed by atoms with Crippen LogP contribution in [-0.4, -0.2) is 6.43 Å². The van der Waals surface area contributed by atoms with E-state index < -0.39 is 29.6 Å². The van der Waals surface area contributed by atoms with Crippen molar-refractivity contribution in [2.45, 2.75) is 26.2 Å². The van der Waals surface area contributed by atoms with Gasteiger partial charge in [0.2, 0.25) is 0 Å². The molecule has 0 heterocycles. The lowest BCUT2D eigenvalue weighted by Crippen LogP contribution is -1.96. The van der Waals surface area contributed by atoms with Gasteiger partial charge in [0.1, 0.15) is 5.82 Å². The number of halogens is 5. The topological polar surface area (TPSA) is 9.23 Å². The molecular formula is C30H23F5O. The number of hydrogen-bond donors (Lipinski definition) is 0. The smallest absolute Gasteiger partial charge is 0.260 e. The molecule has 0 radical (unpaired) electrons. The number of aryl methyl sites for hydroxylation is 1. The predicted molar refractivity (Wildman–Crippen MR) is 132 cm³/mol. The highest BCUT2D eigenvalue weighted by Gasteiger charge is 2.16. The second kappa shape index (κ2) is 11.2. The van der Waals surface area contributed by atoms with E-state index in [1.807, 2.05) is 24.3 Å². The number of allylic oxidation sites excluding steroid dienone is 1. The van der Waals surface area contributed by atoms with Gasteiger partial charge in [-0.05, 0) is 58.0 Å². The van der Waals surface area contributed by atoms with Gasteiger partial charge in [0.05, 0.1) is 6.26 Å². The monoisotopic (exact) mass is 494 g/mol. The number of benzene rings is 4. The summed E-state index contributed by atoms with van der Waals surface area (Å²) >= 11 is 0. The molecule has 0 saturated heterocycles. The molecule has 184 valence electrons. The normalized spacial score (nSPS) is 11.4. The first-order valence-electron chi connectivity index (χ1n) is 11.5. The third-order valence-corrected chi connectivity index (χ3v) is 5.73. The standard InChI is InChI=1S/C30H23F5O/c1-2-3-19-4-6-20(7-5-19)21-8-10-22(11-9-21)23-12-13-25(26(31)16-23)24-17-27(32)30(28(33)18-24)36-15-14-29(34)35/h4-18,29H,2-3H2,1H3/b15-14+. The van der Waals surface area contributed by atoms with Gasteiger partial charge in [0.15, 0.2) is 17.4 Å². The third-order valence-electron chi connectivity index (χ3n) is 5.73. The summed E-state index contributed by atoms with van der Waals surface area (Å²) in [6, 6.07) is 22.3. The van der Waals surface area contributed by atoms with Gasteiger partial charge < -0.3 is 4.74 Å². The van der Waals surface area contributed by atoms with Crippen molar-refractivity contribution in [1.29, 1.82) is 0 Å². The van der Waals surface area contributed by atoms with Gasteiger partial charge in [-0.25, -0.2) is 22.0 Å². The summed E-state index contributed by atoms with van der Waals surface area (Å²) in [5.74, 6) is -3.77. The molecule has 0 spiro atoms. The molecule has 0 atom stereocenters. The van der Waals surface area contributed by atoms with Gasteiger partial charge in [-0.15, -0.1) is 0 Å². The molecule has 0 aromatic heterocycles. The molecule has 4 aromatic carbocycles. The first-order valence-corrected chi connectivity index (χ1v) is 11.5. The average Bonchev–Trinajstić information content (AvgIpc) is 2.86. The highest BCUT2D eigenvalue weighted by Crippen LogP contribution is 2.33. The minimum Gasteiger partial charge on any atom is -0.459 e. The third kappa shape index (κ3) is 5.82. The van der Waals surface area contributed by atoms with Crippen LogP contribution in [0.2, 0.25) is 0 Å². The van der Waals surface area contributed by atoms with E-state index in [0.29, 0.717) is 17.9 Å². The summed E-state index contributed by atoms with van der Waals surface area (Å²) in [6.07, 6.45) is 0.163. The van der Waals surface area contributed by atoms with Gasteiger partial charge >= 0.3 is 0 Å². The van der Waals surface area contributed by atoms with Crippen molar-refractivity contribution < 1.29 is 26.7 Å². The molecule has 0 amide bonds. The number of ether oxygens (including phenoxy) is 1. The highest BCUT2D eigenvalue weighted by molar-refractivity contribution is 5.74. The predicted octanol–water partition coefficient (Wildman–Crippen LogP) is 9.21. The van der Waals surface area contributed by atoms with E-state index in [1.165, 1.54) is 17.7 Å². The van der Waals surface area contributed by atoms with Crippen LogP contribution in [0, 0.1) is 17.5 Å². The lowest BCUT2D eigenvalue weighted by Gasteiger charge is -2.10. The summed E-state index contributed by atoms with van der Waals surface area (Å²) < 4.78 is 72.6. The molecule has 0 aliphatic heterocycles. The van der Waals surface area contributed by atoms with Crippen LogP contribution in [0.15, 0.2) is 91.2 Å². The summed E-state index contributed by atoms with van der Waals surface area (Å²) in [4.78, 5) is 0. The minimum absolute atomic E-state index is 0.00462. The van der Waals surface area contributed by atoms with Crippen LogP contribution < -0.4 is 4.74 Å². The summed E-state index contributed by atoms with van der Waals surface area (Å²) in [5.41, 5.74) is 4.77. The molecule has 0 N–H and O–H groups in total. The van der Waals surface area contributed by atoms with E-state index in [1.54, 1.807) is 6.07 Å². The second-order valence-electron chi connectivity index (χ2n) is 8.27. The highest BCUT2D eigenvalue weighted by atomic mass is 19.3. The second-order valence-corrected chi connectivity index (χ2v) is 8.27. The van der Waals surface area contributed by atoms with Crippen LogP contribution in [0.3, 0.4) is 0 Å². The fourth-order valence-corrected chi connectivity index (χ4v) is 3.93. The maximum atomic E-state index is 15.0. The van der Waals surface area contributed by atoms with Gasteiger partial charge in [-0.2, -0.15) is 0 Å². The zero-order valence-electron chi connectivity index (χ0n) is 19.4. The average molecular weight is 495 g/mol. The van der Waals surface area contributed by atoms with Crippen LogP contribution in [0.25, 0.3) is 33.4 Å². The Bertz CT molecular complexity index is 1340. The van der Waals surface area contributed by atoms with Crippen molar-refractivity contribution in [3.63, 3.8) is 0 Å². The molecule has 1 nitrogen and oxygen atoms in total. The van der Waals surface area contributed by atoms with Gasteiger partial charge in [-0.1, -0.05) is 74.0 Å². The maximum absolute atomic E-state index is 15.0. The Morgan fingerprint density at radius 1 is 0.667 bits per heavy atom. The van der Waals surface area contributed by atoms with E-state index in [-0.39, 0.29) is 11.1 Å². The Morgan fingerprint density at radius 2 is 1.17 bits per heavy atom. The summed E-state index contributed by atoms with van der Waals surface area (Å²) in [5, 5.41) is 0. The fourth-order valence-electron chi connectivity index (χ4n) is 3.93. The van der Waals surface area contributed by atoms with Crippen molar-refractivity contribution >= 4 is 0 Å². The van der Waals surface area contributed by atoms with Crippen LogP contribution in [0.4, 0.5) is 22.0 Å². The largest absolute Gasteiger partial charge is 0.459 e. The molecule has 0 aliphatic rings. The molecule has 0 aliphatic carbocycles. The van der Waals surface area contributed by atoms with Crippen molar-refractivity contribution in [3.8, 4) is 39.1 Å². The van der Waals surface area contributed by atoms with E-state index in [2.05, 4.69) is 35.9 Å². The Balaban J connectivity index is 1.55. The lowest BCUT2D eigenvalue weighted by molar-refractivity contribution is 0.200. The minimum atomic E-state index is -2.82. The Kier molecular flexibility index (Phi) is 7.84. The maximum Gasteiger partial charge on any atom is 0.260 e. The van der Waals surface area contributed by atoms with Crippen molar-refractivity contribution in [2.75, 3.05) is 0 Å². The summed E-state index contributed by atoms with van der Waals surface area (Å²) in [6.45, 7) is 2.14. The molecule has 0 saturated carbocycles. The van der Waals surface area contributed by atoms with Crippen LogP contribution in [0.1, 0.15) is 18.9 Å². The molecule has 0 bridgehead atoms. The van der Waals surface area contributed by atoms with E-state index in [4.69, 9.17) is 0 Å². The number of alkyl halides is 2. The van der Waals surface area contributed by atoms with Crippen molar-refractivity contribution in [2.24, 2.45) is 0 Å². The van der Waals surface area contributed by atoms with Crippen molar-refractivity contribution in [3.05, 3.63) is 114 Å². The molecule has 4 rings (SSSR count). The molecular weight excluding hydrogens is 471 g/mol. The SMILES string of the molecule is CCCc1ccc(-c2ccc(-c3ccc(-c4cc(F)c(O/C=C/C(F)F)c(F)c4)c(F)c3)cc2)cc1. The quantitative estimate of drug-likeness (QED) is 0.175. The van der Waals surface area contributed by atoms with Crippen molar-refractivity contribution in [1.82, 2.24) is 0 Å². The van der Waals surface area contributed by atoms with E-state index in [0.717, 1.165) is 41.7 Å². The zero-order valence-corrected chi connectivity index (χ0v) is 19.4. The molecule has 0 unspecified atom stereocenters. The first kappa shape index (κ1) is 25.2. The first-order chi connectivity index (χ1) is 17.4.